The number of nitrogens with zero attached hydrogens (tertiary/aromatic N) is 2. The number of aliphatic hydroxyl groups excluding tert-OH is 1. The van der Waals surface area contributed by atoms with Gasteiger partial charge in [-0.3, -0.25) is 0 Å². The Kier molecular flexibility index (Phi) is 3.53. The topological polar surface area (TPSA) is 72.2 Å². The molecule has 2 rings (SSSR count). The van der Waals surface area contributed by atoms with Crippen LogP contribution in [0.4, 0.5) is 0 Å². The first-order valence-electron chi connectivity index (χ1n) is 5.90. The molecule has 0 amide bonds. The first kappa shape index (κ1) is 12.6. The number of rotatable bonds is 4. The number of sulfone groups is 1. The van der Waals surface area contributed by atoms with E-state index < -0.39 is 15.9 Å². The third kappa shape index (κ3) is 2.87. The van der Waals surface area contributed by atoms with Gasteiger partial charge >= 0.3 is 0 Å². The second-order valence-corrected chi connectivity index (χ2v) is 6.79. The number of hydrogen-bond donors (Lipinski definition) is 1. The van der Waals surface area contributed by atoms with E-state index in [2.05, 4.69) is 4.98 Å². The minimum Gasteiger partial charge on any atom is -0.392 e. The van der Waals surface area contributed by atoms with Crippen molar-refractivity contribution in [2.24, 2.45) is 5.92 Å². The van der Waals surface area contributed by atoms with Gasteiger partial charge in [0.2, 0.25) is 0 Å². The Labute approximate surface area is 101 Å². The Bertz CT molecular complexity index is 481. The van der Waals surface area contributed by atoms with Gasteiger partial charge in [0.05, 0.1) is 17.6 Å². The summed E-state index contributed by atoms with van der Waals surface area (Å²) in [7, 11) is -2.92. The van der Waals surface area contributed by atoms with Crippen LogP contribution < -0.4 is 0 Å². The molecule has 0 aliphatic carbocycles. The van der Waals surface area contributed by atoms with Crippen molar-refractivity contribution in [2.45, 2.75) is 32.4 Å². The van der Waals surface area contributed by atoms with Crippen LogP contribution in [0.1, 0.15) is 19.2 Å². The number of hydrogen-bond acceptors (Lipinski definition) is 4. The van der Waals surface area contributed by atoms with Gasteiger partial charge in [-0.1, -0.05) is 0 Å². The predicted octanol–water partition coefficient (Wildman–Crippen LogP) is 0.241. The van der Waals surface area contributed by atoms with Crippen LogP contribution in [0.2, 0.25) is 0 Å². The van der Waals surface area contributed by atoms with Gasteiger partial charge in [0, 0.05) is 31.3 Å². The maximum Gasteiger partial charge on any atom is 0.150 e. The second kappa shape index (κ2) is 4.78. The molecule has 0 bridgehead atoms. The van der Waals surface area contributed by atoms with E-state index >= 15 is 0 Å². The molecule has 6 heteroatoms. The SMILES string of the molecule is CCn1ccnc1CC(O)C1CCS(=O)(=O)C1. The first-order valence-corrected chi connectivity index (χ1v) is 7.72. The lowest BCUT2D eigenvalue weighted by atomic mass is 9.99. The Hall–Kier alpha value is -0.880. The van der Waals surface area contributed by atoms with E-state index in [4.69, 9.17) is 0 Å². The molecule has 2 unspecified atom stereocenters. The van der Waals surface area contributed by atoms with Gasteiger partial charge in [-0.25, -0.2) is 13.4 Å². The van der Waals surface area contributed by atoms with Crippen molar-refractivity contribution in [3.05, 3.63) is 18.2 Å². The van der Waals surface area contributed by atoms with Crippen molar-refractivity contribution in [1.29, 1.82) is 0 Å². The van der Waals surface area contributed by atoms with E-state index in [1.165, 1.54) is 0 Å². The lowest BCUT2D eigenvalue weighted by Crippen LogP contribution is -2.25. The van der Waals surface area contributed by atoms with E-state index in [0.717, 1.165) is 12.4 Å². The largest absolute Gasteiger partial charge is 0.392 e. The lowest BCUT2D eigenvalue weighted by Gasteiger charge is -2.16. The molecule has 17 heavy (non-hydrogen) atoms. The number of imidazole rings is 1. The summed E-state index contributed by atoms with van der Waals surface area (Å²) in [5.41, 5.74) is 0. The highest BCUT2D eigenvalue weighted by Crippen LogP contribution is 2.23. The molecular weight excluding hydrogens is 240 g/mol. The van der Waals surface area contributed by atoms with Crippen molar-refractivity contribution >= 4 is 9.84 Å². The van der Waals surface area contributed by atoms with E-state index in [1.54, 1.807) is 6.20 Å². The highest BCUT2D eigenvalue weighted by Gasteiger charge is 2.33. The molecule has 0 aromatic carbocycles. The van der Waals surface area contributed by atoms with Gasteiger partial charge in [-0.2, -0.15) is 0 Å². The summed E-state index contributed by atoms with van der Waals surface area (Å²) >= 11 is 0. The van der Waals surface area contributed by atoms with Crippen LogP contribution in [0, 0.1) is 5.92 Å². The Morgan fingerprint density at radius 3 is 3.00 bits per heavy atom. The molecule has 1 aromatic heterocycles. The molecule has 96 valence electrons. The smallest absolute Gasteiger partial charge is 0.150 e. The molecule has 1 saturated heterocycles. The van der Waals surface area contributed by atoms with Crippen LogP contribution in [-0.2, 0) is 22.8 Å². The fraction of sp³-hybridized carbons (Fsp3) is 0.727. The summed E-state index contributed by atoms with van der Waals surface area (Å²) in [5.74, 6) is 1.00. The third-order valence-corrected chi connectivity index (χ3v) is 5.14. The minimum atomic E-state index is -2.92. The quantitative estimate of drug-likeness (QED) is 0.840. The highest BCUT2D eigenvalue weighted by atomic mass is 32.2. The number of aliphatic hydroxyl groups is 1. The zero-order chi connectivity index (χ0) is 12.5. The third-order valence-electron chi connectivity index (χ3n) is 3.35. The van der Waals surface area contributed by atoms with Gasteiger partial charge < -0.3 is 9.67 Å². The van der Waals surface area contributed by atoms with Crippen molar-refractivity contribution in [1.82, 2.24) is 9.55 Å². The zero-order valence-corrected chi connectivity index (χ0v) is 10.7. The van der Waals surface area contributed by atoms with Gasteiger partial charge in [-0.15, -0.1) is 0 Å². The normalized spacial score (nSPS) is 24.9. The lowest BCUT2D eigenvalue weighted by molar-refractivity contribution is 0.117. The second-order valence-electron chi connectivity index (χ2n) is 4.56. The number of aromatic nitrogens is 2. The van der Waals surface area contributed by atoms with Crippen molar-refractivity contribution in [2.75, 3.05) is 11.5 Å². The molecule has 1 fully saturated rings. The molecule has 1 N–H and O–H groups in total. The number of aryl methyl sites for hydroxylation is 1. The monoisotopic (exact) mass is 258 g/mol. The van der Waals surface area contributed by atoms with E-state index in [1.807, 2.05) is 17.7 Å². The standard InChI is InChI=1S/C11H18N2O3S/c1-2-13-5-4-12-11(13)7-10(14)9-3-6-17(15,16)8-9/h4-5,9-10,14H,2-3,6-8H2,1H3. The van der Waals surface area contributed by atoms with Crippen molar-refractivity contribution in [3.63, 3.8) is 0 Å². The average molecular weight is 258 g/mol. The van der Waals surface area contributed by atoms with Crippen LogP contribution in [-0.4, -0.2) is 40.7 Å². The minimum absolute atomic E-state index is 0.112. The van der Waals surface area contributed by atoms with E-state index in [0.29, 0.717) is 12.8 Å². The van der Waals surface area contributed by atoms with Gasteiger partial charge in [0.25, 0.3) is 0 Å². The molecule has 0 spiro atoms. The maximum atomic E-state index is 11.3. The van der Waals surface area contributed by atoms with Gasteiger partial charge in [0.1, 0.15) is 5.82 Å². The molecule has 1 aromatic rings. The van der Waals surface area contributed by atoms with Crippen LogP contribution in [0.5, 0.6) is 0 Å². The van der Waals surface area contributed by atoms with Crippen molar-refractivity contribution < 1.29 is 13.5 Å². The zero-order valence-electron chi connectivity index (χ0n) is 9.91. The molecular formula is C11H18N2O3S. The molecule has 1 aliphatic heterocycles. The van der Waals surface area contributed by atoms with Crippen LogP contribution in [0.3, 0.4) is 0 Å². The Balaban J connectivity index is 2.00. The summed E-state index contributed by atoms with van der Waals surface area (Å²) in [6.07, 6.45) is 3.96. The molecule has 2 heterocycles. The average Bonchev–Trinajstić information content (AvgIpc) is 2.84. The van der Waals surface area contributed by atoms with Gasteiger partial charge in [0.15, 0.2) is 9.84 Å². The molecule has 1 aliphatic rings. The summed E-state index contributed by atoms with van der Waals surface area (Å²) in [4.78, 5) is 4.19. The first-order chi connectivity index (χ1) is 8.02. The summed E-state index contributed by atoms with van der Waals surface area (Å²) in [5, 5.41) is 10.1. The molecule has 0 radical (unpaired) electrons. The summed E-state index contributed by atoms with van der Waals surface area (Å²) in [6.45, 7) is 2.82. The fourth-order valence-corrected chi connectivity index (χ4v) is 4.17. The van der Waals surface area contributed by atoms with Crippen LogP contribution in [0.25, 0.3) is 0 Å². The fourth-order valence-electron chi connectivity index (χ4n) is 2.30. The summed E-state index contributed by atoms with van der Waals surface area (Å²) < 4.78 is 24.6. The maximum absolute atomic E-state index is 11.3. The molecule has 2 atom stereocenters. The van der Waals surface area contributed by atoms with E-state index in [-0.39, 0.29) is 17.4 Å². The van der Waals surface area contributed by atoms with Crippen LogP contribution >= 0.6 is 0 Å². The van der Waals surface area contributed by atoms with E-state index in [9.17, 15) is 13.5 Å². The van der Waals surface area contributed by atoms with Crippen molar-refractivity contribution in [3.8, 4) is 0 Å². The molecule has 5 nitrogen and oxygen atoms in total. The summed E-state index contributed by atoms with van der Waals surface area (Å²) in [6, 6.07) is 0. The van der Waals surface area contributed by atoms with Gasteiger partial charge in [-0.05, 0) is 13.3 Å². The Morgan fingerprint density at radius 2 is 2.41 bits per heavy atom. The Morgan fingerprint density at radius 1 is 1.65 bits per heavy atom. The highest BCUT2D eigenvalue weighted by molar-refractivity contribution is 7.91. The molecule has 0 saturated carbocycles. The predicted molar refractivity (Wildman–Crippen MR) is 64.4 cm³/mol. The van der Waals surface area contributed by atoms with Crippen LogP contribution in [0.15, 0.2) is 12.4 Å².